The molecule has 3 heteroatoms. The number of nitrogens with one attached hydrogen (secondary N) is 2. The summed E-state index contributed by atoms with van der Waals surface area (Å²) in [4.78, 5) is 4.13. The topological polar surface area (TPSA) is 37.0 Å². The lowest BCUT2D eigenvalue weighted by Crippen LogP contribution is -2.31. The molecule has 0 saturated heterocycles. The Morgan fingerprint density at radius 3 is 2.81 bits per heavy atom. The van der Waals surface area contributed by atoms with Gasteiger partial charge in [0.05, 0.1) is 11.9 Å². The molecule has 3 rings (SSSR count). The number of aromatic nitrogens is 1. The number of hydrogen-bond donors (Lipinski definition) is 2. The molecule has 2 aromatic rings. The van der Waals surface area contributed by atoms with Crippen LogP contribution in [-0.2, 0) is 6.42 Å². The molecule has 0 amide bonds. The van der Waals surface area contributed by atoms with Gasteiger partial charge in [-0.25, -0.2) is 0 Å². The highest BCUT2D eigenvalue weighted by Crippen LogP contribution is 2.17. The van der Waals surface area contributed by atoms with Gasteiger partial charge < -0.3 is 10.6 Å². The number of rotatable bonds is 5. The molecule has 0 fully saturated rings. The number of nitrogens with zero attached hydrogens (tertiary/aromatic N) is 1. The standard InChI is InChI=1S/C18H19N3/c1-2-7-16(8-3-1)17-9-4-10-18(21-17)20-13-11-15-6-5-12-19-14-15/h1-10,12,14,17,20-21H,11,13H2. The van der Waals surface area contributed by atoms with Crippen molar-refractivity contribution in [3.8, 4) is 0 Å². The van der Waals surface area contributed by atoms with Gasteiger partial charge in [-0.1, -0.05) is 48.6 Å². The van der Waals surface area contributed by atoms with Crippen LogP contribution >= 0.6 is 0 Å². The van der Waals surface area contributed by atoms with Gasteiger partial charge in [-0.3, -0.25) is 4.98 Å². The Balaban J connectivity index is 1.53. The molecule has 0 saturated carbocycles. The van der Waals surface area contributed by atoms with E-state index in [4.69, 9.17) is 0 Å². The zero-order valence-electron chi connectivity index (χ0n) is 11.9. The maximum Gasteiger partial charge on any atom is 0.0993 e. The van der Waals surface area contributed by atoms with Crippen molar-refractivity contribution in [3.63, 3.8) is 0 Å². The molecule has 0 spiro atoms. The highest BCUT2D eigenvalue weighted by atomic mass is 15.1. The number of pyridine rings is 1. The van der Waals surface area contributed by atoms with E-state index in [0.717, 1.165) is 18.8 Å². The fraction of sp³-hybridized carbons (Fsp3) is 0.167. The van der Waals surface area contributed by atoms with Gasteiger partial charge in [-0.2, -0.15) is 0 Å². The monoisotopic (exact) mass is 277 g/mol. The Kier molecular flexibility index (Phi) is 4.32. The zero-order valence-corrected chi connectivity index (χ0v) is 11.9. The summed E-state index contributed by atoms with van der Waals surface area (Å²) in [5.74, 6) is 1.07. The fourth-order valence-electron chi connectivity index (χ4n) is 2.38. The van der Waals surface area contributed by atoms with Crippen LogP contribution in [0.3, 0.4) is 0 Å². The number of allylic oxidation sites excluding steroid dienone is 2. The molecule has 2 heterocycles. The average Bonchev–Trinajstić information content (AvgIpc) is 2.57. The summed E-state index contributed by atoms with van der Waals surface area (Å²) in [7, 11) is 0. The number of dihydropyridines is 1. The van der Waals surface area contributed by atoms with E-state index in [0.29, 0.717) is 0 Å². The van der Waals surface area contributed by atoms with Crippen LogP contribution in [0.4, 0.5) is 0 Å². The molecule has 1 aliphatic rings. The average molecular weight is 277 g/mol. The molecular formula is C18H19N3. The third-order valence-corrected chi connectivity index (χ3v) is 3.49. The summed E-state index contributed by atoms with van der Waals surface area (Å²) in [5, 5.41) is 6.94. The van der Waals surface area contributed by atoms with Crippen LogP contribution < -0.4 is 10.6 Å². The lowest BCUT2D eigenvalue weighted by Gasteiger charge is -2.23. The smallest absolute Gasteiger partial charge is 0.0993 e. The maximum atomic E-state index is 4.13. The van der Waals surface area contributed by atoms with E-state index in [-0.39, 0.29) is 6.04 Å². The van der Waals surface area contributed by atoms with E-state index in [9.17, 15) is 0 Å². The number of benzene rings is 1. The Hall–Kier alpha value is -2.55. The van der Waals surface area contributed by atoms with Crippen molar-refractivity contribution in [2.45, 2.75) is 12.5 Å². The van der Waals surface area contributed by atoms with Crippen molar-refractivity contribution in [1.82, 2.24) is 15.6 Å². The van der Waals surface area contributed by atoms with Crippen molar-refractivity contribution in [2.75, 3.05) is 6.54 Å². The SMILES string of the molecule is C1=CC(c2ccccc2)NC(NCCc2cccnc2)=C1. The normalized spacial score (nSPS) is 17.0. The van der Waals surface area contributed by atoms with E-state index in [2.05, 4.69) is 64.2 Å². The molecule has 106 valence electrons. The van der Waals surface area contributed by atoms with Crippen LogP contribution in [0.15, 0.2) is 78.9 Å². The molecule has 0 aliphatic carbocycles. The largest absolute Gasteiger partial charge is 0.372 e. The van der Waals surface area contributed by atoms with Gasteiger partial charge in [0, 0.05) is 18.9 Å². The third-order valence-electron chi connectivity index (χ3n) is 3.49. The van der Waals surface area contributed by atoms with Gasteiger partial charge in [-0.05, 0) is 29.7 Å². The summed E-state index contributed by atoms with van der Waals surface area (Å²) in [6.45, 7) is 0.889. The summed E-state index contributed by atoms with van der Waals surface area (Å²) < 4.78 is 0. The molecule has 2 N–H and O–H groups in total. The summed E-state index contributed by atoms with van der Waals surface area (Å²) in [5.41, 5.74) is 2.52. The maximum absolute atomic E-state index is 4.13. The van der Waals surface area contributed by atoms with Crippen LogP contribution in [-0.4, -0.2) is 11.5 Å². The Bertz CT molecular complexity index is 617. The second kappa shape index (κ2) is 6.75. The Labute approximate surface area is 125 Å². The van der Waals surface area contributed by atoms with Gasteiger partial charge in [0.2, 0.25) is 0 Å². The van der Waals surface area contributed by atoms with E-state index < -0.39 is 0 Å². The molecule has 21 heavy (non-hydrogen) atoms. The first-order valence-electron chi connectivity index (χ1n) is 7.24. The number of hydrogen-bond acceptors (Lipinski definition) is 3. The quantitative estimate of drug-likeness (QED) is 0.882. The molecule has 0 radical (unpaired) electrons. The lowest BCUT2D eigenvalue weighted by molar-refractivity contribution is 0.624. The highest BCUT2D eigenvalue weighted by molar-refractivity contribution is 5.29. The first-order chi connectivity index (χ1) is 10.4. The Morgan fingerprint density at radius 1 is 1.10 bits per heavy atom. The van der Waals surface area contributed by atoms with Crippen LogP contribution in [0.2, 0.25) is 0 Å². The minimum Gasteiger partial charge on any atom is -0.372 e. The van der Waals surface area contributed by atoms with Crippen LogP contribution in [0, 0.1) is 0 Å². The van der Waals surface area contributed by atoms with Crippen LogP contribution in [0.1, 0.15) is 17.2 Å². The second-order valence-corrected chi connectivity index (χ2v) is 5.04. The minimum atomic E-state index is 0.233. The first kappa shape index (κ1) is 13.4. The predicted molar refractivity (Wildman–Crippen MR) is 85.5 cm³/mol. The molecule has 1 atom stereocenters. The fourth-order valence-corrected chi connectivity index (χ4v) is 2.38. The highest BCUT2D eigenvalue weighted by Gasteiger charge is 2.11. The van der Waals surface area contributed by atoms with E-state index in [1.807, 2.05) is 18.3 Å². The van der Waals surface area contributed by atoms with E-state index in [1.54, 1.807) is 6.20 Å². The summed E-state index contributed by atoms with van der Waals surface area (Å²) in [6, 6.07) is 14.8. The molecule has 1 unspecified atom stereocenters. The minimum absolute atomic E-state index is 0.233. The van der Waals surface area contributed by atoms with Crippen molar-refractivity contribution < 1.29 is 0 Å². The van der Waals surface area contributed by atoms with E-state index in [1.165, 1.54) is 11.1 Å². The zero-order chi connectivity index (χ0) is 14.3. The van der Waals surface area contributed by atoms with Crippen LogP contribution in [0.25, 0.3) is 0 Å². The van der Waals surface area contributed by atoms with E-state index >= 15 is 0 Å². The molecular weight excluding hydrogens is 258 g/mol. The Morgan fingerprint density at radius 2 is 2.00 bits per heavy atom. The predicted octanol–water partition coefficient (Wildman–Crippen LogP) is 2.96. The van der Waals surface area contributed by atoms with Crippen molar-refractivity contribution in [3.05, 3.63) is 90.0 Å². The van der Waals surface area contributed by atoms with Gasteiger partial charge >= 0.3 is 0 Å². The first-order valence-corrected chi connectivity index (χ1v) is 7.24. The third kappa shape index (κ3) is 3.72. The van der Waals surface area contributed by atoms with Crippen LogP contribution in [0.5, 0.6) is 0 Å². The van der Waals surface area contributed by atoms with Gasteiger partial charge in [0.1, 0.15) is 0 Å². The van der Waals surface area contributed by atoms with Gasteiger partial charge in [0.15, 0.2) is 0 Å². The molecule has 3 nitrogen and oxygen atoms in total. The second-order valence-electron chi connectivity index (χ2n) is 5.04. The molecule has 1 aromatic carbocycles. The molecule has 0 bridgehead atoms. The van der Waals surface area contributed by atoms with Gasteiger partial charge in [-0.15, -0.1) is 0 Å². The molecule has 1 aliphatic heterocycles. The van der Waals surface area contributed by atoms with Crippen molar-refractivity contribution >= 4 is 0 Å². The molecule has 1 aromatic heterocycles. The summed E-state index contributed by atoms with van der Waals surface area (Å²) >= 11 is 0. The van der Waals surface area contributed by atoms with Gasteiger partial charge in [0.25, 0.3) is 0 Å². The lowest BCUT2D eigenvalue weighted by atomic mass is 10.0. The van der Waals surface area contributed by atoms with Crippen molar-refractivity contribution in [1.29, 1.82) is 0 Å². The summed E-state index contributed by atoms with van der Waals surface area (Å²) in [6.07, 6.45) is 11.0. The van der Waals surface area contributed by atoms with Crippen molar-refractivity contribution in [2.24, 2.45) is 0 Å².